The van der Waals surface area contributed by atoms with E-state index in [4.69, 9.17) is 4.74 Å². The number of hydrogen-bond acceptors (Lipinski definition) is 5. The summed E-state index contributed by atoms with van der Waals surface area (Å²) in [4.78, 5) is 43.1. The van der Waals surface area contributed by atoms with Crippen molar-refractivity contribution in [2.24, 2.45) is 0 Å². The van der Waals surface area contributed by atoms with E-state index in [9.17, 15) is 14.4 Å². The molecular formula is C26H31N3O4. The fourth-order valence-corrected chi connectivity index (χ4v) is 4.80. The van der Waals surface area contributed by atoms with Gasteiger partial charge in [-0.15, -0.1) is 0 Å². The number of para-hydroxylation sites is 1. The summed E-state index contributed by atoms with van der Waals surface area (Å²) in [5.74, 6) is -0.853. The second-order valence-electron chi connectivity index (χ2n) is 8.72. The zero-order chi connectivity index (χ0) is 23.3. The van der Waals surface area contributed by atoms with Gasteiger partial charge in [0.1, 0.15) is 18.2 Å². The van der Waals surface area contributed by atoms with Crippen LogP contribution < -0.4 is 10.2 Å². The molecule has 2 fully saturated rings. The third-order valence-corrected chi connectivity index (χ3v) is 6.58. The van der Waals surface area contributed by atoms with Crippen molar-refractivity contribution in [3.63, 3.8) is 0 Å². The zero-order valence-electron chi connectivity index (χ0n) is 19.0. The standard InChI is InChI=1S/C26H31N3O4/c1-2-15-29-24(31)22(18-23(30)33-19-20-9-5-3-6-10-20)27-25(32)26(29)13-16-28(17-14-26)21-11-7-4-8-12-21/h3-12,22H,2,13-19H2,1H3,(H,27,32). The topological polar surface area (TPSA) is 79.0 Å². The van der Waals surface area contributed by atoms with Gasteiger partial charge < -0.3 is 19.9 Å². The Balaban J connectivity index is 1.42. The molecule has 0 radical (unpaired) electrons. The van der Waals surface area contributed by atoms with Crippen LogP contribution in [0.4, 0.5) is 5.69 Å². The molecule has 2 saturated heterocycles. The summed E-state index contributed by atoms with van der Waals surface area (Å²) >= 11 is 0. The number of hydrogen-bond donors (Lipinski definition) is 1. The molecule has 7 heteroatoms. The number of benzene rings is 2. The van der Waals surface area contributed by atoms with Crippen molar-refractivity contribution in [3.05, 3.63) is 66.2 Å². The molecule has 0 aliphatic carbocycles. The Morgan fingerprint density at radius 3 is 2.30 bits per heavy atom. The number of amides is 2. The van der Waals surface area contributed by atoms with Crippen LogP contribution in [0.25, 0.3) is 0 Å². The first-order chi connectivity index (χ1) is 16.0. The third-order valence-electron chi connectivity index (χ3n) is 6.58. The van der Waals surface area contributed by atoms with Crippen molar-refractivity contribution in [3.8, 4) is 0 Å². The van der Waals surface area contributed by atoms with Crippen molar-refractivity contribution in [1.29, 1.82) is 0 Å². The van der Waals surface area contributed by atoms with Crippen LogP contribution >= 0.6 is 0 Å². The molecule has 2 aromatic carbocycles. The summed E-state index contributed by atoms with van der Waals surface area (Å²) in [6.07, 6.45) is 1.70. The van der Waals surface area contributed by atoms with Crippen LogP contribution in [0.3, 0.4) is 0 Å². The van der Waals surface area contributed by atoms with E-state index in [0.29, 0.717) is 32.5 Å². The van der Waals surface area contributed by atoms with E-state index in [1.165, 1.54) is 0 Å². The Labute approximate surface area is 194 Å². The van der Waals surface area contributed by atoms with Crippen molar-refractivity contribution >= 4 is 23.5 Å². The van der Waals surface area contributed by atoms with Gasteiger partial charge in [0.25, 0.3) is 0 Å². The Hall–Kier alpha value is -3.35. The number of anilines is 1. The molecule has 4 rings (SSSR count). The van der Waals surface area contributed by atoms with E-state index in [2.05, 4.69) is 22.3 Å². The number of carbonyl (C=O) groups excluding carboxylic acids is 3. The van der Waals surface area contributed by atoms with Crippen molar-refractivity contribution in [2.75, 3.05) is 24.5 Å². The number of nitrogens with one attached hydrogen (secondary N) is 1. The lowest BCUT2D eigenvalue weighted by molar-refractivity contribution is -0.162. The molecule has 1 atom stereocenters. The van der Waals surface area contributed by atoms with Gasteiger partial charge in [0.05, 0.1) is 6.42 Å². The van der Waals surface area contributed by atoms with E-state index in [1.807, 2.05) is 55.5 Å². The minimum absolute atomic E-state index is 0.145. The maximum absolute atomic E-state index is 13.4. The van der Waals surface area contributed by atoms with Crippen molar-refractivity contribution < 1.29 is 19.1 Å². The van der Waals surface area contributed by atoms with Gasteiger partial charge in [0, 0.05) is 25.3 Å². The summed E-state index contributed by atoms with van der Waals surface area (Å²) in [5, 5.41) is 2.85. The molecule has 0 aromatic heterocycles. The summed E-state index contributed by atoms with van der Waals surface area (Å²) < 4.78 is 5.34. The number of ether oxygens (including phenoxy) is 1. The number of piperidine rings is 1. The maximum Gasteiger partial charge on any atom is 0.308 e. The van der Waals surface area contributed by atoms with Crippen molar-refractivity contribution in [1.82, 2.24) is 10.2 Å². The molecule has 7 nitrogen and oxygen atoms in total. The van der Waals surface area contributed by atoms with Crippen LogP contribution in [0.1, 0.15) is 38.2 Å². The quantitative estimate of drug-likeness (QED) is 0.658. The SMILES string of the molecule is CCCN1C(=O)C(CC(=O)OCc2ccccc2)NC(=O)C12CCN(c1ccccc1)CC2. The number of esters is 1. The fourth-order valence-electron chi connectivity index (χ4n) is 4.80. The molecule has 2 aromatic rings. The lowest BCUT2D eigenvalue weighted by Gasteiger charge is -2.51. The smallest absolute Gasteiger partial charge is 0.308 e. The maximum atomic E-state index is 13.4. The van der Waals surface area contributed by atoms with Gasteiger partial charge in [0.2, 0.25) is 11.8 Å². The average molecular weight is 450 g/mol. The second kappa shape index (κ2) is 10.1. The van der Waals surface area contributed by atoms with E-state index in [0.717, 1.165) is 17.7 Å². The highest BCUT2D eigenvalue weighted by molar-refractivity contribution is 6.01. The van der Waals surface area contributed by atoms with Gasteiger partial charge in [-0.1, -0.05) is 55.5 Å². The number of carbonyl (C=O) groups is 3. The van der Waals surface area contributed by atoms with Gasteiger partial charge in [-0.05, 0) is 37.0 Å². The summed E-state index contributed by atoms with van der Waals surface area (Å²) in [6.45, 7) is 4.01. The Morgan fingerprint density at radius 2 is 1.67 bits per heavy atom. The minimum Gasteiger partial charge on any atom is -0.461 e. The molecule has 2 aliphatic heterocycles. The van der Waals surface area contributed by atoms with Crippen LogP contribution in [0.5, 0.6) is 0 Å². The molecule has 1 spiro atoms. The Morgan fingerprint density at radius 1 is 1.03 bits per heavy atom. The van der Waals surface area contributed by atoms with Crippen LogP contribution in [-0.4, -0.2) is 53.9 Å². The summed E-state index contributed by atoms with van der Waals surface area (Å²) in [6, 6.07) is 18.6. The first-order valence-corrected chi connectivity index (χ1v) is 11.7. The van der Waals surface area contributed by atoms with E-state index in [-0.39, 0.29) is 24.8 Å². The molecule has 2 heterocycles. The van der Waals surface area contributed by atoms with Crippen LogP contribution in [-0.2, 0) is 25.7 Å². The molecule has 2 amide bonds. The second-order valence-corrected chi connectivity index (χ2v) is 8.72. The highest BCUT2D eigenvalue weighted by atomic mass is 16.5. The van der Waals surface area contributed by atoms with Gasteiger partial charge in [-0.3, -0.25) is 14.4 Å². The minimum atomic E-state index is -0.884. The fraction of sp³-hybridized carbons (Fsp3) is 0.423. The third kappa shape index (κ3) is 4.87. The molecule has 33 heavy (non-hydrogen) atoms. The monoisotopic (exact) mass is 449 g/mol. The number of nitrogens with zero attached hydrogens (tertiary/aromatic N) is 2. The normalized spacial score (nSPS) is 20.0. The van der Waals surface area contributed by atoms with E-state index in [1.54, 1.807) is 4.90 Å². The van der Waals surface area contributed by atoms with Gasteiger partial charge in [0.15, 0.2) is 0 Å². The predicted octanol–water partition coefficient (Wildman–Crippen LogP) is 2.90. The van der Waals surface area contributed by atoms with E-state index >= 15 is 0 Å². The molecule has 1 N–H and O–H groups in total. The number of piperazine rings is 1. The van der Waals surface area contributed by atoms with Gasteiger partial charge in [-0.25, -0.2) is 0 Å². The number of rotatable bonds is 7. The first-order valence-electron chi connectivity index (χ1n) is 11.7. The molecular weight excluding hydrogens is 418 g/mol. The highest BCUT2D eigenvalue weighted by Crippen LogP contribution is 2.35. The van der Waals surface area contributed by atoms with Gasteiger partial charge >= 0.3 is 5.97 Å². The lowest BCUT2D eigenvalue weighted by atomic mass is 9.81. The largest absolute Gasteiger partial charge is 0.461 e. The summed E-state index contributed by atoms with van der Waals surface area (Å²) in [5.41, 5.74) is 1.14. The zero-order valence-corrected chi connectivity index (χ0v) is 19.0. The Bertz CT molecular complexity index is 972. The predicted molar refractivity (Wildman–Crippen MR) is 125 cm³/mol. The molecule has 0 saturated carbocycles. The van der Waals surface area contributed by atoms with Crippen LogP contribution in [0.2, 0.25) is 0 Å². The van der Waals surface area contributed by atoms with E-state index < -0.39 is 17.6 Å². The van der Waals surface area contributed by atoms with Crippen molar-refractivity contribution in [2.45, 2.75) is 50.8 Å². The highest BCUT2D eigenvalue weighted by Gasteiger charge is 2.53. The molecule has 0 bridgehead atoms. The summed E-state index contributed by atoms with van der Waals surface area (Å²) in [7, 11) is 0. The van der Waals surface area contributed by atoms with Gasteiger partial charge in [-0.2, -0.15) is 0 Å². The molecule has 1 unspecified atom stereocenters. The lowest BCUT2D eigenvalue weighted by Crippen LogP contribution is -2.73. The Kier molecular flexibility index (Phi) is 6.96. The molecule has 2 aliphatic rings. The molecule has 174 valence electrons. The van der Waals surface area contributed by atoms with Crippen LogP contribution in [0, 0.1) is 0 Å². The van der Waals surface area contributed by atoms with Crippen LogP contribution in [0.15, 0.2) is 60.7 Å². The first kappa shape index (κ1) is 22.8. The average Bonchev–Trinajstić information content (AvgIpc) is 2.85.